The van der Waals surface area contributed by atoms with Crippen LogP contribution < -0.4 is 5.32 Å². The highest BCUT2D eigenvalue weighted by atomic mass is 127. The minimum absolute atomic E-state index is 0.110. The van der Waals surface area contributed by atoms with Gasteiger partial charge in [0.05, 0.1) is 0 Å². The van der Waals surface area contributed by atoms with Crippen LogP contribution in [0.25, 0.3) is 5.95 Å². The highest BCUT2D eigenvalue weighted by molar-refractivity contribution is 14.1. The lowest BCUT2D eigenvalue weighted by atomic mass is 10.3. The van der Waals surface area contributed by atoms with E-state index in [1.165, 1.54) is 4.68 Å². The third-order valence-electron chi connectivity index (χ3n) is 2.39. The van der Waals surface area contributed by atoms with Gasteiger partial charge in [-0.15, -0.1) is 0 Å². The van der Waals surface area contributed by atoms with E-state index in [-0.39, 0.29) is 5.28 Å². The molecule has 0 bridgehead atoms. The van der Waals surface area contributed by atoms with E-state index >= 15 is 0 Å². The van der Waals surface area contributed by atoms with Gasteiger partial charge in [-0.05, 0) is 58.5 Å². The molecule has 20 heavy (non-hydrogen) atoms. The standard InChI is InChI=1S/C12H8ClIN6/c13-10-17-11(16-9-4-1-3-8(14)7-9)19-12(18-10)20-6-2-5-15-20/h1-7H,(H,16,17,18,19). The first kappa shape index (κ1) is 13.3. The maximum Gasteiger partial charge on any atom is 0.256 e. The molecule has 0 radical (unpaired) electrons. The molecule has 0 saturated carbocycles. The number of anilines is 2. The third kappa shape index (κ3) is 3.05. The lowest BCUT2D eigenvalue weighted by Crippen LogP contribution is -2.06. The van der Waals surface area contributed by atoms with Crippen molar-refractivity contribution >= 4 is 45.8 Å². The molecular formula is C12H8ClIN6. The summed E-state index contributed by atoms with van der Waals surface area (Å²) in [7, 11) is 0. The second kappa shape index (κ2) is 5.71. The number of benzene rings is 1. The maximum atomic E-state index is 5.92. The summed E-state index contributed by atoms with van der Waals surface area (Å²) in [6, 6.07) is 9.63. The second-order valence-electron chi connectivity index (χ2n) is 3.81. The molecule has 0 aliphatic carbocycles. The van der Waals surface area contributed by atoms with Crippen molar-refractivity contribution < 1.29 is 0 Å². The molecule has 0 atom stereocenters. The molecule has 100 valence electrons. The topological polar surface area (TPSA) is 68.5 Å². The first-order valence-corrected chi connectivity index (χ1v) is 7.10. The van der Waals surface area contributed by atoms with Crippen LogP contribution in [0.1, 0.15) is 0 Å². The Morgan fingerprint density at radius 1 is 1.15 bits per heavy atom. The van der Waals surface area contributed by atoms with Gasteiger partial charge >= 0.3 is 0 Å². The van der Waals surface area contributed by atoms with Gasteiger partial charge in [-0.3, -0.25) is 0 Å². The van der Waals surface area contributed by atoms with Crippen LogP contribution in [0.3, 0.4) is 0 Å². The van der Waals surface area contributed by atoms with Gasteiger partial charge in [0, 0.05) is 21.7 Å². The van der Waals surface area contributed by atoms with Gasteiger partial charge in [-0.1, -0.05) is 6.07 Å². The van der Waals surface area contributed by atoms with Crippen molar-refractivity contribution in [2.45, 2.75) is 0 Å². The Bertz CT molecular complexity index is 731. The highest BCUT2D eigenvalue weighted by Gasteiger charge is 2.07. The summed E-state index contributed by atoms with van der Waals surface area (Å²) in [6.45, 7) is 0. The van der Waals surface area contributed by atoms with Crippen molar-refractivity contribution in [2.24, 2.45) is 0 Å². The predicted molar refractivity (Wildman–Crippen MR) is 84.4 cm³/mol. The van der Waals surface area contributed by atoms with Crippen molar-refractivity contribution in [3.63, 3.8) is 0 Å². The molecule has 0 amide bonds. The zero-order valence-corrected chi connectivity index (χ0v) is 12.9. The van der Waals surface area contributed by atoms with Crippen LogP contribution in [0.2, 0.25) is 5.28 Å². The Kier molecular flexibility index (Phi) is 3.79. The first-order valence-electron chi connectivity index (χ1n) is 5.65. The number of nitrogens with zero attached hydrogens (tertiary/aromatic N) is 5. The smallest absolute Gasteiger partial charge is 0.256 e. The van der Waals surface area contributed by atoms with E-state index < -0.39 is 0 Å². The van der Waals surface area contributed by atoms with Crippen molar-refractivity contribution in [2.75, 3.05) is 5.32 Å². The fraction of sp³-hybridized carbons (Fsp3) is 0. The van der Waals surface area contributed by atoms with Gasteiger partial charge in [-0.2, -0.15) is 20.1 Å². The molecule has 3 aromatic rings. The van der Waals surface area contributed by atoms with Crippen molar-refractivity contribution in [3.05, 3.63) is 51.6 Å². The van der Waals surface area contributed by atoms with Crippen molar-refractivity contribution in [1.29, 1.82) is 0 Å². The maximum absolute atomic E-state index is 5.92. The number of hydrogen-bond donors (Lipinski definition) is 1. The van der Waals surface area contributed by atoms with E-state index in [0.717, 1.165) is 9.26 Å². The van der Waals surface area contributed by atoms with Gasteiger partial charge in [0.15, 0.2) is 0 Å². The Morgan fingerprint density at radius 2 is 2.05 bits per heavy atom. The van der Waals surface area contributed by atoms with E-state index in [0.29, 0.717) is 11.9 Å². The first-order chi connectivity index (χ1) is 9.70. The van der Waals surface area contributed by atoms with E-state index in [9.17, 15) is 0 Å². The van der Waals surface area contributed by atoms with E-state index in [1.807, 2.05) is 24.3 Å². The summed E-state index contributed by atoms with van der Waals surface area (Å²) in [5.41, 5.74) is 0.880. The number of halogens is 2. The van der Waals surface area contributed by atoms with Crippen molar-refractivity contribution in [3.8, 4) is 5.95 Å². The summed E-state index contributed by atoms with van der Waals surface area (Å²) in [6.07, 6.45) is 3.38. The fourth-order valence-corrected chi connectivity index (χ4v) is 2.28. The monoisotopic (exact) mass is 398 g/mol. The van der Waals surface area contributed by atoms with Gasteiger partial charge in [-0.25, -0.2) is 4.68 Å². The minimum atomic E-state index is 0.110. The molecular weight excluding hydrogens is 391 g/mol. The summed E-state index contributed by atoms with van der Waals surface area (Å²) >= 11 is 8.16. The van der Waals surface area contributed by atoms with Crippen LogP contribution in [-0.2, 0) is 0 Å². The highest BCUT2D eigenvalue weighted by Crippen LogP contribution is 2.17. The average Bonchev–Trinajstić information content (AvgIpc) is 2.91. The lowest BCUT2D eigenvalue weighted by molar-refractivity contribution is 0.798. The fourth-order valence-electron chi connectivity index (χ4n) is 1.58. The third-order valence-corrected chi connectivity index (χ3v) is 3.23. The largest absolute Gasteiger partial charge is 0.324 e. The van der Waals surface area contributed by atoms with Crippen LogP contribution in [0, 0.1) is 3.57 Å². The molecule has 0 unspecified atom stereocenters. The zero-order chi connectivity index (χ0) is 13.9. The average molecular weight is 399 g/mol. The Labute approximate surface area is 133 Å². The molecule has 1 aromatic carbocycles. The quantitative estimate of drug-likeness (QED) is 0.687. The number of rotatable bonds is 3. The van der Waals surface area contributed by atoms with Gasteiger partial charge in [0.1, 0.15) is 0 Å². The van der Waals surface area contributed by atoms with Crippen LogP contribution in [0.5, 0.6) is 0 Å². The molecule has 0 fully saturated rings. The normalized spacial score (nSPS) is 10.5. The van der Waals surface area contributed by atoms with Gasteiger partial charge < -0.3 is 5.32 Å². The summed E-state index contributed by atoms with van der Waals surface area (Å²) in [5, 5.41) is 7.27. The summed E-state index contributed by atoms with van der Waals surface area (Å²) in [5.74, 6) is 0.737. The predicted octanol–water partition coefficient (Wildman–Crippen LogP) is 3.06. The van der Waals surface area contributed by atoms with Crippen LogP contribution in [0.15, 0.2) is 42.7 Å². The van der Waals surface area contributed by atoms with Crippen LogP contribution in [-0.4, -0.2) is 24.7 Å². The molecule has 0 aliphatic rings. The summed E-state index contributed by atoms with van der Waals surface area (Å²) in [4.78, 5) is 12.4. The molecule has 3 rings (SSSR count). The molecule has 2 aromatic heterocycles. The van der Waals surface area contributed by atoms with Gasteiger partial charge in [0.2, 0.25) is 11.2 Å². The molecule has 0 spiro atoms. The molecule has 0 aliphatic heterocycles. The van der Waals surface area contributed by atoms with E-state index in [2.05, 4.69) is 48.0 Å². The molecule has 2 heterocycles. The number of hydrogen-bond acceptors (Lipinski definition) is 5. The molecule has 6 nitrogen and oxygen atoms in total. The zero-order valence-electron chi connectivity index (χ0n) is 10.0. The SMILES string of the molecule is Clc1nc(Nc2cccc(I)c2)nc(-n2cccn2)n1. The van der Waals surface area contributed by atoms with Crippen LogP contribution >= 0.6 is 34.2 Å². The minimum Gasteiger partial charge on any atom is -0.324 e. The van der Waals surface area contributed by atoms with E-state index in [4.69, 9.17) is 11.6 Å². The summed E-state index contributed by atoms with van der Waals surface area (Å²) < 4.78 is 2.63. The van der Waals surface area contributed by atoms with Crippen LogP contribution in [0.4, 0.5) is 11.6 Å². The van der Waals surface area contributed by atoms with Gasteiger partial charge in [0.25, 0.3) is 5.95 Å². The molecule has 8 heteroatoms. The van der Waals surface area contributed by atoms with E-state index in [1.54, 1.807) is 18.5 Å². The number of aromatic nitrogens is 5. The molecule has 1 N–H and O–H groups in total. The Hall–Kier alpha value is -1.74. The molecule has 0 saturated heterocycles. The Morgan fingerprint density at radius 3 is 2.80 bits per heavy atom. The number of nitrogens with one attached hydrogen (secondary N) is 1. The second-order valence-corrected chi connectivity index (χ2v) is 5.40. The lowest BCUT2D eigenvalue weighted by Gasteiger charge is -2.07. The van der Waals surface area contributed by atoms with Crippen molar-refractivity contribution in [1.82, 2.24) is 24.7 Å². The Balaban J connectivity index is 1.94.